The lowest BCUT2D eigenvalue weighted by atomic mass is 9.96. The van der Waals surface area contributed by atoms with Gasteiger partial charge in [-0.05, 0) is 83.1 Å². The number of fused-ring (bicyclic) bond motifs is 1. The number of likely N-dealkylation sites (tertiary alicyclic amines) is 1. The molecule has 2 amide bonds. The Kier molecular flexibility index (Phi) is 7.07. The molecule has 1 saturated heterocycles. The van der Waals surface area contributed by atoms with E-state index in [0.717, 1.165) is 39.6 Å². The van der Waals surface area contributed by atoms with Crippen LogP contribution >= 0.6 is 0 Å². The van der Waals surface area contributed by atoms with Gasteiger partial charge in [-0.3, -0.25) is 9.59 Å². The number of anilines is 1. The number of halogens is 3. The van der Waals surface area contributed by atoms with Crippen LogP contribution in [0.1, 0.15) is 40.4 Å². The van der Waals surface area contributed by atoms with E-state index >= 15 is 0 Å². The molecule has 45 heavy (non-hydrogen) atoms. The van der Waals surface area contributed by atoms with Gasteiger partial charge in [0.2, 0.25) is 5.91 Å². The highest BCUT2D eigenvalue weighted by molar-refractivity contribution is 5.98. The minimum absolute atomic E-state index is 0.0237. The van der Waals surface area contributed by atoms with Gasteiger partial charge >= 0.3 is 0 Å². The normalized spacial score (nSPS) is 18.7. The maximum absolute atomic E-state index is 13.8. The van der Waals surface area contributed by atoms with Gasteiger partial charge < -0.3 is 20.4 Å². The number of hydrogen-bond donors (Lipinski definition) is 2. The van der Waals surface area contributed by atoms with E-state index in [9.17, 15) is 22.8 Å². The summed E-state index contributed by atoms with van der Waals surface area (Å²) in [7, 11) is 0. The van der Waals surface area contributed by atoms with Gasteiger partial charge in [-0.25, -0.2) is 18.2 Å². The van der Waals surface area contributed by atoms with Gasteiger partial charge in [0, 0.05) is 41.6 Å². The highest BCUT2D eigenvalue weighted by Gasteiger charge is 2.44. The molecule has 2 aliphatic rings. The number of carbonyl (C=O) groups is 2. The van der Waals surface area contributed by atoms with Crippen molar-refractivity contribution in [2.24, 2.45) is 5.92 Å². The maximum atomic E-state index is 13.8. The van der Waals surface area contributed by atoms with Crippen LogP contribution in [0.2, 0.25) is 0 Å². The molecular weight excluding hydrogens is 581 g/mol. The van der Waals surface area contributed by atoms with Crippen molar-refractivity contribution in [2.75, 3.05) is 18.8 Å². The fourth-order valence-electron chi connectivity index (χ4n) is 6.00. The standard InChI is InChI=1S/C35H29F3N4O3/c36-26-8-5-21(6-9-26)29-15-24(20-1-3-22(4-2-20)34(44)42-12-11-35(37,38)19-42)13-25-14-27(45-32(25)29)18-41-33(43)30-16-28(30)23-7-10-31(39)40-17-23/h1-10,13-15,17,28,30H,11-12,16,18-19H2,(H2,39,40)(H,41,43)/t28?,30-/m0/s1. The molecule has 0 radical (unpaired) electrons. The molecule has 3 N–H and O–H groups in total. The second kappa shape index (κ2) is 11.1. The predicted octanol–water partition coefficient (Wildman–Crippen LogP) is 6.78. The first-order valence-electron chi connectivity index (χ1n) is 14.7. The number of amides is 2. The Morgan fingerprint density at radius 1 is 0.978 bits per heavy atom. The van der Waals surface area contributed by atoms with E-state index in [2.05, 4.69) is 10.3 Å². The lowest BCUT2D eigenvalue weighted by molar-refractivity contribution is -0.122. The number of nitrogens with two attached hydrogens (primary N) is 1. The Labute approximate surface area is 256 Å². The van der Waals surface area contributed by atoms with Gasteiger partial charge in [-0.2, -0.15) is 0 Å². The Balaban J connectivity index is 1.13. The molecule has 0 bridgehead atoms. The smallest absolute Gasteiger partial charge is 0.267 e. The van der Waals surface area contributed by atoms with E-state index in [1.807, 2.05) is 24.3 Å². The van der Waals surface area contributed by atoms with E-state index in [1.165, 1.54) is 17.0 Å². The fourth-order valence-corrected chi connectivity index (χ4v) is 6.00. The van der Waals surface area contributed by atoms with E-state index in [-0.39, 0.29) is 43.1 Å². The minimum atomic E-state index is -2.86. The van der Waals surface area contributed by atoms with Gasteiger partial charge in [-0.1, -0.05) is 30.3 Å². The lowest BCUT2D eigenvalue weighted by Crippen LogP contribution is -2.31. The number of hydrogen-bond acceptors (Lipinski definition) is 5. The van der Waals surface area contributed by atoms with Gasteiger partial charge in [0.1, 0.15) is 23.0 Å². The summed E-state index contributed by atoms with van der Waals surface area (Å²) in [5.41, 5.74) is 10.7. The van der Waals surface area contributed by atoms with E-state index in [4.69, 9.17) is 10.2 Å². The number of carbonyl (C=O) groups excluding carboxylic acids is 2. The summed E-state index contributed by atoms with van der Waals surface area (Å²) in [4.78, 5) is 31.0. The van der Waals surface area contributed by atoms with Crippen LogP contribution in [0.5, 0.6) is 0 Å². The van der Waals surface area contributed by atoms with Crippen molar-refractivity contribution in [3.63, 3.8) is 0 Å². The Morgan fingerprint density at radius 3 is 2.42 bits per heavy atom. The first-order chi connectivity index (χ1) is 21.6. The zero-order valence-electron chi connectivity index (χ0n) is 24.1. The quantitative estimate of drug-likeness (QED) is 0.212. The van der Waals surface area contributed by atoms with Crippen LogP contribution in [0.3, 0.4) is 0 Å². The Hall–Kier alpha value is -5.12. The van der Waals surface area contributed by atoms with Gasteiger partial charge in [0.25, 0.3) is 11.8 Å². The number of nitrogens with one attached hydrogen (secondary N) is 1. The van der Waals surface area contributed by atoms with Crippen LogP contribution < -0.4 is 11.1 Å². The van der Waals surface area contributed by atoms with E-state index in [0.29, 0.717) is 22.7 Å². The molecule has 2 fully saturated rings. The SMILES string of the molecule is Nc1ccc(C2C[C@@H]2C(=O)NCc2cc3cc(-c4ccc(C(=O)N5CCC(F)(F)C5)cc4)cc(-c4ccc(F)cc4)c3o2)cn1. The van der Waals surface area contributed by atoms with Crippen LogP contribution in [0.4, 0.5) is 19.0 Å². The molecule has 7 rings (SSSR count). The van der Waals surface area contributed by atoms with Crippen LogP contribution in [-0.2, 0) is 11.3 Å². The molecule has 228 valence electrons. The summed E-state index contributed by atoms with van der Waals surface area (Å²) >= 11 is 0. The van der Waals surface area contributed by atoms with Crippen LogP contribution in [0.15, 0.2) is 89.5 Å². The molecule has 0 spiro atoms. The maximum Gasteiger partial charge on any atom is 0.267 e. The van der Waals surface area contributed by atoms with Crippen LogP contribution in [0.25, 0.3) is 33.2 Å². The zero-order valence-corrected chi connectivity index (χ0v) is 24.1. The van der Waals surface area contributed by atoms with Crippen molar-refractivity contribution in [2.45, 2.75) is 31.2 Å². The number of benzene rings is 3. The number of nitrogen functional groups attached to an aromatic ring is 1. The summed E-state index contributed by atoms with van der Waals surface area (Å²) in [5.74, 6) is -2.74. The van der Waals surface area contributed by atoms with Gasteiger partial charge in [-0.15, -0.1) is 0 Å². The molecule has 1 unspecified atom stereocenters. The third-order valence-electron chi connectivity index (χ3n) is 8.55. The van der Waals surface area contributed by atoms with E-state index in [1.54, 1.807) is 48.7 Å². The van der Waals surface area contributed by atoms with Crippen molar-refractivity contribution < 1.29 is 27.2 Å². The topological polar surface area (TPSA) is 101 Å². The molecule has 1 aliphatic heterocycles. The second-order valence-electron chi connectivity index (χ2n) is 11.8. The predicted molar refractivity (Wildman–Crippen MR) is 164 cm³/mol. The summed E-state index contributed by atoms with van der Waals surface area (Å²) in [6.07, 6.45) is 2.12. The molecule has 7 nitrogen and oxygen atoms in total. The molecular formula is C35H29F3N4O3. The number of alkyl halides is 2. The van der Waals surface area contributed by atoms with Crippen molar-refractivity contribution in [3.8, 4) is 22.3 Å². The van der Waals surface area contributed by atoms with Crippen molar-refractivity contribution in [1.82, 2.24) is 15.2 Å². The summed E-state index contributed by atoms with van der Waals surface area (Å²) < 4.78 is 47.3. The van der Waals surface area contributed by atoms with Crippen LogP contribution in [0, 0.1) is 11.7 Å². The number of pyridine rings is 1. The second-order valence-corrected chi connectivity index (χ2v) is 11.8. The average Bonchev–Trinajstić information content (AvgIpc) is 3.60. The largest absolute Gasteiger partial charge is 0.459 e. The summed E-state index contributed by atoms with van der Waals surface area (Å²) in [6.45, 7) is -0.354. The Morgan fingerprint density at radius 2 is 1.73 bits per heavy atom. The average molecular weight is 611 g/mol. The number of furan rings is 1. The molecule has 3 aromatic carbocycles. The Bertz CT molecular complexity index is 1900. The molecule has 1 aliphatic carbocycles. The van der Waals surface area contributed by atoms with E-state index < -0.39 is 18.4 Å². The van der Waals surface area contributed by atoms with Crippen molar-refractivity contribution in [1.29, 1.82) is 0 Å². The number of nitrogens with zero attached hydrogens (tertiary/aromatic N) is 2. The molecule has 5 aromatic rings. The summed E-state index contributed by atoms with van der Waals surface area (Å²) in [6, 6.07) is 22.3. The molecule has 1 saturated carbocycles. The molecule has 2 atom stereocenters. The minimum Gasteiger partial charge on any atom is -0.459 e. The van der Waals surface area contributed by atoms with Gasteiger partial charge in [0.15, 0.2) is 0 Å². The zero-order chi connectivity index (χ0) is 31.3. The van der Waals surface area contributed by atoms with Gasteiger partial charge in [0.05, 0.1) is 13.1 Å². The highest BCUT2D eigenvalue weighted by Crippen LogP contribution is 2.47. The monoisotopic (exact) mass is 610 g/mol. The first kappa shape index (κ1) is 28.6. The van der Waals surface area contributed by atoms with Crippen molar-refractivity contribution in [3.05, 3.63) is 108 Å². The third-order valence-corrected chi connectivity index (χ3v) is 8.55. The first-order valence-corrected chi connectivity index (χ1v) is 14.7. The third kappa shape index (κ3) is 5.87. The number of aromatic nitrogens is 1. The fraction of sp³-hybridized carbons (Fsp3) is 0.229. The van der Waals surface area contributed by atoms with Crippen LogP contribution in [-0.4, -0.2) is 40.7 Å². The summed E-state index contributed by atoms with van der Waals surface area (Å²) in [5, 5.41) is 3.77. The van der Waals surface area contributed by atoms with Crippen molar-refractivity contribution >= 4 is 28.6 Å². The molecule has 2 aromatic heterocycles. The number of rotatable bonds is 7. The molecule has 10 heteroatoms. The highest BCUT2D eigenvalue weighted by atomic mass is 19.3. The molecule has 3 heterocycles. The lowest BCUT2D eigenvalue weighted by Gasteiger charge is -2.16.